The van der Waals surface area contributed by atoms with E-state index in [2.05, 4.69) is 39.4 Å². The van der Waals surface area contributed by atoms with Crippen LogP contribution in [0.1, 0.15) is 43.5 Å². The number of benzene rings is 1. The first-order valence-corrected chi connectivity index (χ1v) is 10.1. The molecule has 0 amide bonds. The van der Waals surface area contributed by atoms with Gasteiger partial charge in [-0.05, 0) is 36.8 Å². The van der Waals surface area contributed by atoms with Crippen molar-refractivity contribution in [3.8, 4) is 11.1 Å². The summed E-state index contributed by atoms with van der Waals surface area (Å²) in [6.45, 7) is 0.956. The molecule has 1 saturated heterocycles. The van der Waals surface area contributed by atoms with Gasteiger partial charge in [0.1, 0.15) is 0 Å². The third kappa shape index (κ3) is 3.04. The van der Waals surface area contributed by atoms with Crippen molar-refractivity contribution in [2.45, 2.75) is 43.6 Å². The number of hydrogen-bond acceptors (Lipinski definition) is 8. The van der Waals surface area contributed by atoms with E-state index in [0.717, 1.165) is 55.6 Å². The maximum Gasteiger partial charge on any atom is 0.324 e. The molecule has 3 N–H and O–H groups in total. The molecule has 2 fully saturated rings. The third-order valence-corrected chi connectivity index (χ3v) is 6.33. The van der Waals surface area contributed by atoms with E-state index >= 15 is 0 Å². The van der Waals surface area contributed by atoms with Crippen molar-refractivity contribution in [1.82, 2.24) is 20.1 Å². The van der Waals surface area contributed by atoms with E-state index in [4.69, 9.17) is 15.2 Å². The van der Waals surface area contributed by atoms with Crippen LogP contribution in [0.15, 0.2) is 41.2 Å². The molecule has 0 radical (unpaired) electrons. The highest BCUT2D eigenvalue weighted by atomic mass is 16.5. The summed E-state index contributed by atoms with van der Waals surface area (Å²) in [6, 6.07) is 9.02. The topological polar surface area (TPSA) is 114 Å². The molecule has 1 aliphatic heterocycles. The fourth-order valence-electron chi connectivity index (χ4n) is 4.44. The van der Waals surface area contributed by atoms with E-state index in [9.17, 15) is 5.11 Å². The monoisotopic (exact) mass is 392 g/mol. The van der Waals surface area contributed by atoms with Gasteiger partial charge in [0.05, 0.1) is 18.1 Å². The van der Waals surface area contributed by atoms with Gasteiger partial charge < -0.3 is 20.3 Å². The molecule has 0 bridgehead atoms. The second-order valence-corrected chi connectivity index (χ2v) is 7.92. The van der Waals surface area contributed by atoms with Gasteiger partial charge in [-0.15, -0.1) is 0 Å². The van der Waals surface area contributed by atoms with E-state index in [0.29, 0.717) is 6.01 Å². The minimum Gasteiger partial charge on any atom is -0.394 e. The number of aliphatic hydroxyl groups excluding tert-OH is 1. The van der Waals surface area contributed by atoms with E-state index < -0.39 is 0 Å². The Morgan fingerprint density at radius 3 is 2.52 bits per heavy atom. The van der Waals surface area contributed by atoms with Gasteiger partial charge in [0.25, 0.3) is 0 Å². The van der Waals surface area contributed by atoms with E-state index in [1.165, 1.54) is 5.56 Å². The largest absolute Gasteiger partial charge is 0.394 e. The summed E-state index contributed by atoms with van der Waals surface area (Å²) in [5, 5.41) is 13.9. The second kappa shape index (κ2) is 7.11. The molecule has 0 spiro atoms. The minimum absolute atomic E-state index is 0.0713. The normalized spacial score (nSPS) is 20.6. The smallest absolute Gasteiger partial charge is 0.324 e. The van der Waals surface area contributed by atoms with Gasteiger partial charge in [0.2, 0.25) is 5.95 Å². The number of nitrogens with zero attached hydrogens (tertiary/aromatic N) is 5. The lowest BCUT2D eigenvalue weighted by Crippen LogP contribution is -2.37. The van der Waals surface area contributed by atoms with Crippen LogP contribution in [0.4, 0.5) is 12.0 Å². The lowest BCUT2D eigenvalue weighted by Gasteiger charge is -2.39. The number of nitrogen functional groups attached to an aromatic ring is 1. The SMILES string of the molecule is Nc1ncc(-c2ccc(C3(c4noc(N5CCCC5CO)n4)CCC3)cc2)cn1. The minimum atomic E-state index is -0.202. The Labute approximate surface area is 168 Å². The zero-order chi connectivity index (χ0) is 19.8. The number of rotatable bonds is 5. The number of anilines is 2. The molecule has 2 aromatic heterocycles. The van der Waals surface area contributed by atoms with Gasteiger partial charge in [-0.2, -0.15) is 4.98 Å². The summed E-state index contributed by atoms with van der Waals surface area (Å²) < 4.78 is 5.61. The van der Waals surface area contributed by atoms with Crippen molar-refractivity contribution in [3.05, 3.63) is 48.0 Å². The average molecular weight is 392 g/mol. The molecule has 3 heterocycles. The van der Waals surface area contributed by atoms with Gasteiger partial charge in [0.15, 0.2) is 5.82 Å². The Kier molecular flexibility index (Phi) is 4.43. The standard InChI is InChI=1S/C21H24N6O2/c22-19-23-11-15(12-24-19)14-4-6-16(7-5-14)21(8-2-9-21)18-25-20(29-26-18)27-10-1-3-17(27)13-28/h4-7,11-12,17,28H,1-3,8-10,13H2,(H2,22,23,24). The van der Waals surface area contributed by atoms with Gasteiger partial charge in [-0.3, -0.25) is 0 Å². The molecule has 3 aromatic rings. The Morgan fingerprint density at radius 2 is 1.86 bits per heavy atom. The zero-order valence-corrected chi connectivity index (χ0v) is 16.2. The van der Waals surface area contributed by atoms with Gasteiger partial charge in [0, 0.05) is 24.5 Å². The van der Waals surface area contributed by atoms with Crippen molar-refractivity contribution in [2.24, 2.45) is 0 Å². The number of aliphatic hydroxyl groups is 1. The lowest BCUT2D eigenvalue weighted by molar-refractivity contribution is 0.259. The van der Waals surface area contributed by atoms with Crippen molar-refractivity contribution >= 4 is 12.0 Å². The van der Waals surface area contributed by atoms with Crippen LogP contribution in [0.25, 0.3) is 11.1 Å². The fourth-order valence-corrected chi connectivity index (χ4v) is 4.44. The lowest BCUT2D eigenvalue weighted by atomic mass is 9.64. The predicted octanol–water partition coefficient (Wildman–Crippen LogP) is 2.54. The molecule has 8 heteroatoms. The second-order valence-electron chi connectivity index (χ2n) is 7.92. The Bertz CT molecular complexity index is 981. The Hall–Kier alpha value is -3.00. The van der Waals surface area contributed by atoms with Crippen molar-refractivity contribution in [3.63, 3.8) is 0 Å². The van der Waals surface area contributed by atoms with Crippen LogP contribution in [0, 0.1) is 0 Å². The van der Waals surface area contributed by atoms with Crippen molar-refractivity contribution in [2.75, 3.05) is 23.8 Å². The van der Waals surface area contributed by atoms with Crippen molar-refractivity contribution in [1.29, 1.82) is 0 Å². The molecule has 1 aliphatic carbocycles. The van der Waals surface area contributed by atoms with Crippen LogP contribution in [-0.2, 0) is 5.41 Å². The number of hydrogen-bond donors (Lipinski definition) is 2. The Morgan fingerprint density at radius 1 is 1.10 bits per heavy atom. The maximum atomic E-state index is 9.59. The van der Waals surface area contributed by atoms with Crippen LogP contribution in [-0.4, -0.2) is 44.4 Å². The predicted molar refractivity (Wildman–Crippen MR) is 108 cm³/mol. The molecular formula is C21H24N6O2. The summed E-state index contributed by atoms with van der Waals surface area (Å²) >= 11 is 0. The summed E-state index contributed by atoms with van der Waals surface area (Å²) in [5.74, 6) is 1.01. The Balaban J connectivity index is 1.43. The van der Waals surface area contributed by atoms with Gasteiger partial charge in [-0.1, -0.05) is 35.8 Å². The number of nitrogens with two attached hydrogens (primary N) is 1. The fraction of sp³-hybridized carbons (Fsp3) is 0.429. The van der Waals surface area contributed by atoms with Crippen LogP contribution >= 0.6 is 0 Å². The van der Waals surface area contributed by atoms with Gasteiger partial charge >= 0.3 is 6.01 Å². The molecule has 8 nitrogen and oxygen atoms in total. The maximum absolute atomic E-state index is 9.59. The average Bonchev–Trinajstić information content (AvgIpc) is 3.38. The van der Waals surface area contributed by atoms with E-state index in [1.807, 2.05) is 4.90 Å². The zero-order valence-electron chi connectivity index (χ0n) is 16.2. The highest BCUT2D eigenvalue weighted by Gasteiger charge is 2.45. The van der Waals surface area contributed by atoms with Crippen molar-refractivity contribution < 1.29 is 9.63 Å². The van der Waals surface area contributed by atoms with E-state index in [1.54, 1.807) is 12.4 Å². The highest BCUT2D eigenvalue weighted by Crippen LogP contribution is 2.48. The van der Waals surface area contributed by atoms with Crippen LogP contribution in [0.2, 0.25) is 0 Å². The first-order chi connectivity index (χ1) is 14.2. The summed E-state index contributed by atoms with van der Waals surface area (Å²) in [5.41, 5.74) is 8.54. The first-order valence-electron chi connectivity index (χ1n) is 10.1. The van der Waals surface area contributed by atoms with Crippen LogP contribution < -0.4 is 10.6 Å². The molecule has 1 saturated carbocycles. The van der Waals surface area contributed by atoms with Crippen LogP contribution in [0.3, 0.4) is 0 Å². The highest BCUT2D eigenvalue weighted by molar-refractivity contribution is 5.62. The van der Waals surface area contributed by atoms with Crippen LogP contribution in [0.5, 0.6) is 0 Å². The first kappa shape index (κ1) is 18.1. The molecule has 29 heavy (non-hydrogen) atoms. The van der Waals surface area contributed by atoms with E-state index in [-0.39, 0.29) is 24.0 Å². The molecule has 1 atom stereocenters. The quantitative estimate of drug-likeness (QED) is 0.681. The van der Waals surface area contributed by atoms with Gasteiger partial charge in [-0.25, -0.2) is 9.97 Å². The summed E-state index contributed by atoms with van der Waals surface area (Å²) in [4.78, 5) is 14.9. The number of aromatic nitrogens is 4. The summed E-state index contributed by atoms with van der Waals surface area (Å²) in [7, 11) is 0. The molecule has 5 rings (SSSR count). The molecule has 150 valence electrons. The molecule has 1 unspecified atom stereocenters. The molecule has 1 aromatic carbocycles. The molecule has 2 aliphatic rings. The summed E-state index contributed by atoms with van der Waals surface area (Å²) in [6.07, 6.45) is 8.59. The third-order valence-electron chi connectivity index (χ3n) is 6.33. The molecular weight excluding hydrogens is 368 g/mol.